The Hall–Kier alpha value is -0.630. The van der Waals surface area contributed by atoms with Crippen LogP contribution in [0.3, 0.4) is 0 Å². The largest absolute Gasteiger partial charge is 0.373 e. The van der Waals surface area contributed by atoms with Crippen LogP contribution in [0.2, 0.25) is 0 Å². The van der Waals surface area contributed by atoms with Gasteiger partial charge in [0, 0.05) is 12.8 Å². The van der Waals surface area contributed by atoms with E-state index in [-0.39, 0.29) is 11.5 Å². The van der Waals surface area contributed by atoms with Crippen LogP contribution in [-0.4, -0.2) is 18.5 Å². The average molecular weight is 182 g/mol. The highest BCUT2D eigenvalue weighted by atomic mass is 16.5. The van der Waals surface area contributed by atoms with Gasteiger partial charge in [-0.25, -0.2) is 0 Å². The summed E-state index contributed by atoms with van der Waals surface area (Å²) in [4.78, 5) is 11.2. The molecule has 2 nitrogen and oxygen atoms in total. The molecule has 0 heterocycles. The van der Waals surface area contributed by atoms with Crippen LogP contribution in [0.5, 0.6) is 0 Å². The molecule has 0 bridgehead atoms. The first-order chi connectivity index (χ1) is 6.06. The molecule has 2 heteroatoms. The van der Waals surface area contributed by atoms with Crippen LogP contribution in [0.25, 0.3) is 0 Å². The van der Waals surface area contributed by atoms with Gasteiger partial charge in [-0.2, -0.15) is 0 Å². The molecule has 1 aliphatic carbocycles. The third kappa shape index (κ3) is 2.66. The molecular formula is C11H18O2. The number of carbonyl (C=O) groups is 1. The first-order valence-electron chi connectivity index (χ1n) is 4.80. The fourth-order valence-corrected chi connectivity index (χ4v) is 1.68. The molecule has 0 aliphatic heterocycles. The SMILES string of the molecule is C=CCOC1CC(=O)CCC1(C)C. The van der Waals surface area contributed by atoms with Gasteiger partial charge >= 0.3 is 0 Å². The Morgan fingerprint density at radius 1 is 1.69 bits per heavy atom. The molecule has 1 atom stereocenters. The van der Waals surface area contributed by atoms with E-state index in [1.165, 1.54) is 0 Å². The number of ether oxygens (including phenoxy) is 1. The minimum Gasteiger partial charge on any atom is -0.373 e. The van der Waals surface area contributed by atoms with Crippen molar-refractivity contribution in [2.24, 2.45) is 5.41 Å². The van der Waals surface area contributed by atoms with E-state index in [0.29, 0.717) is 25.2 Å². The van der Waals surface area contributed by atoms with Crippen LogP contribution in [0, 0.1) is 5.41 Å². The Bertz CT molecular complexity index is 206. The van der Waals surface area contributed by atoms with Crippen LogP contribution in [-0.2, 0) is 9.53 Å². The lowest BCUT2D eigenvalue weighted by atomic mass is 9.74. The normalized spacial score (nSPS) is 27.2. The number of rotatable bonds is 3. The van der Waals surface area contributed by atoms with Crippen molar-refractivity contribution in [3.63, 3.8) is 0 Å². The van der Waals surface area contributed by atoms with E-state index < -0.39 is 0 Å². The zero-order chi connectivity index (χ0) is 9.90. The summed E-state index contributed by atoms with van der Waals surface area (Å²) in [6.07, 6.45) is 4.02. The summed E-state index contributed by atoms with van der Waals surface area (Å²) in [6.45, 7) is 8.46. The molecule has 1 saturated carbocycles. The molecule has 13 heavy (non-hydrogen) atoms. The van der Waals surface area contributed by atoms with Gasteiger partial charge in [-0.05, 0) is 11.8 Å². The predicted molar refractivity (Wildman–Crippen MR) is 52.6 cm³/mol. The van der Waals surface area contributed by atoms with E-state index in [4.69, 9.17) is 4.74 Å². The topological polar surface area (TPSA) is 26.3 Å². The van der Waals surface area contributed by atoms with Gasteiger partial charge in [0.2, 0.25) is 0 Å². The van der Waals surface area contributed by atoms with Crippen molar-refractivity contribution in [2.75, 3.05) is 6.61 Å². The molecule has 1 unspecified atom stereocenters. The number of hydrogen-bond acceptors (Lipinski definition) is 2. The van der Waals surface area contributed by atoms with E-state index in [2.05, 4.69) is 20.4 Å². The second-order valence-electron chi connectivity index (χ2n) is 4.34. The Labute approximate surface area is 80.0 Å². The maximum atomic E-state index is 11.2. The lowest BCUT2D eigenvalue weighted by molar-refractivity contribution is -0.130. The van der Waals surface area contributed by atoms with E-state index in [1.54, 1.807) is 6.08 Å². The first-order valence-corrected chi connectivity index (χ1v) is 4.80. The molecule has 0 aromatic rings. The van der Waals surface area contributed by atoms with Gasteiger partial charge in [-0.15, -0.1) is 6.58 Å². The van der Waals surface area contributed by atoms with Gasteiger partial charge < -0.3 is 4.74 Å². The molecule has 1 fully saturated rings. The van der Waals surface area contributed by atoms with Gasteiger partial charge in [-0.1, -0.05) is 19.9 Å². The highest BCUT2D eigenvalue weighted by Crippen LogP contribution is 2.35. The number of carbonyl (C=O) groups excluding carboxylic acids is 1. The highest BCUT2D eigenvalue weighted by Gasteiger charge is 2.36. The van der Waals surface area contributed by atoms with Crippen molar-refractivity contribution in [3.8, 4) is 0 Å². The zero-order valence-electron chi connectivity index (χ0n) is 8.51. The molecule has 0 aromatic carbocycles. The molecule has 0 spiro atoms. The highest BCUT2D eigenvalue weighted by molar-refractivity contribution is 5.79. The van der Waals surface area contributed by atoms with Crippen molar-refractivity contribution < 1.29 is 9.53 Å². The van der Waals surface area contributed by atoms with Gasteiger partial charge in [0.25, 0.3) is 0 Å². The van der Waals surface area contributed by atoms with E-state index >= 15 is 0 Å². The molecule has 0 radical (unpaired) electrons. The maximum Gasteiger partial charge on any atom is 0.135 e. The number of ketones is 1. The average Bonchev–Trinajstić information content (AvgIpc) is 2.07. The molecule has 0 saturated heterocycles. The lowest BCUT2D eigenvalue weighted by Gasteiger charge is -2.37. The van der Waals surface area contributed by atoms with Crippen LogP contribution in [0.1, 0.15) is 33.1 Å². The standard InChI is InChI=1S/C11H18O2/c1-4-7-13-10-8-9(12)5-6-11(10,2)3/h4,10H,1,5-8H2,2-3H3. The summed E-state index contributed by atoms with van der Waals surface area (Å²) in [5.41, 5.74) is 0.136. The van der Waals surface area contributed by atoms with E-state index in [1.807, 2.05) is 0 Å². The molecular weight excluding hydrogens is 164 g/mol. The molecule has 0 aromatic heterocycles. The fourth-order valence-electron chi connectivity index (χ4n) is 1.68. The first kappa shape index (κ1) is 10.5. The molecule has 0 amide bonds. The Morgan fingerprint density at radius 3 is 3.00 bits per heavy atom. The molecule has 1 rings (SSSR count). The van der Waals surface area contributed by atoms with Gasteiger partial charge in [-0.3, -0.25) is 4.79 Å². The Morgan fingerprint density at radius 2 is 2.38 bits per heavy atom. The van der Waals surface area contributed by atoms with Crippen molar-refractivity contribution >= 4 is 5.78 Å². The second-order valence-corrected chi connectivity index (χ2v) is 4.34. The van der Waals surface area contributed by atoms with Gasteiger partial charge in [0.15, 0.2) is 0 Å². The zero-order valence-corrected chi connectivity index (χ0v) is 8.51. The summed E-state index contributed by atoms with van der Waals surface area (Å²) in [6, 6.07) is 0. The maximum absolute atomic E-state index is 11.2. The van der Waals surface area contributed by atoms with E-state index in [0.717, 1.165) is 6.42 Å². The van der Waals surface area contributed by atoms with Crippen molar-refractivity contribution in [1.29, 1.82) is 0 Å². The summed E-state index contributed by atoms with van der Waals surface area (Å²) in [5, 5.41) is 0. The van der Waals surface area contributed by atoms with Crippen LogP contribution < -0.4 is 0 Å². The third-order valence-corrected chi connectivity index (χ3v) is 2.75. The second kappa shape index (κ2) is 4.05. The Kier molecular flexibility index (Phi) is 3.26. The summed E-state index contributed by atoms with van der Waals surface area (Å²) < 4.78 is 5.58. The predicted octanol–water partition coefficient (Wildman–Crippen LogP) is 2.34. The smallest absolute Gasteiger partial charge is 0.135 e. The minimum absolute atomic E-state index is 0.0757. The van der Waals surface area contributed by atoms with Crippen LogP contribution >= 0.6 is 0 Å². The van der Waals surface area contributed by atoms with Gasteiger partial charge in [0.1, 0.15) is 5.78 Å². The summed E-state index contributed by atoms with van der Waals surface area (Å²) >= 11 is 0. The van der Waals surface area contributed by atoms with Crippen LogP contribution in [0.15, 0.2) is 12.7 Å². The van der Waals surface area contributed by atoms with E-state index in [9.17, 15) is 4.79 Å². The van der Waals surface area contributed by atoms with Crippen molar-refractivity contribution in [2.45, 2.75) is 39.2 Å². The molecule has 0 N–H and O–H groups in total. The number of hydrogen-bond donors (Lipinski definition) is 0. The summed E-state index contributed by atoms with van der Waals surface area (Å²) in [7, 11) is 0. The third-order valence-electron chi connectivity index (χ3n) is 2.75. The fraction of sp³-hybridized carbons (Fsp3) is 0.727. The monoisotopic (exact) mass is 182 g/mol. The minimum atomic E-state index is 0.0757. The summed E-state index contributed by atoms with van der Waals surface area (Å²) in [5.74, 6) is 0.327. The van der Waals surface area contributed by atoms with Crippen LogP contribution in [0.4, 0.5) is 0 Å². The lowest BCUT2D eigenvalue weighted by Crippen LogP contribution is -2.38. The number of Topliss-reactive ketones (excluding diaryl/α,β-unsaturated/α-hetero) is 1. The molecule has 1 aliphatic rings. The molecule has 74 valence electrons. The van der Waals surface area contributed by atoms with Crippen molar-refractivity contribution in [3.05, 3.63) is 12.7 Å². The van der Waals surface area contributed by atoms with Crippen molar-refractivity contribution in [1.82, 2.24) is 0 Å². The quantitative estimate of drug-likeness (QED) is 0.626. The van der Waals surface area contributed by atoms with Gasteiger partial charge in [0.05, 0.1) is 12.7 Å². The Balaban J connectivity index is 2.55.